The molecular weight excluding hydrogens is 382 g/mol. The van der Waals surface area contributed by atoms with E-state index in [9.17, 15) is 4.79 Å². The number of rotatable bonds is 6. The van der Waals surface area contributed by atoms with Crippen molar-refractivity contribution in [3.05, 3.63) is 87.7 Å². The van der Waals surface area contributed by atoms with E-state index in [0.717, 1.165) is 27.8 Å². The van der Waals surface area contributed by atoms with Gasteiger partial charge < -0.3 is 11.1 Å². The molecule has 0 atom stereocenters. The minimum absolute atomic E-state index is 0.116. The first-order valence-corrected chi connectivity index (χ1v) is 10.2. The summed E-state index contributed by atoms with van der Waals surface area (Å²) in [6, 6.07) is 13.6. The number of nitrogens with one attached hydrogen (secondary N) is 1. The fourth-order valence-electron chi connectivity index (χ4n) is 3.70. The van der Waals surface area contributed by atoms with Crippen LogP contribution in [-0.4, -0.2) is 10.9 Å². The molecule has 0 bridgehead atoms. The molecule has 1 saturated carbocycles. The van der Waals surface area contributed by atoms with Gasteiger partial charge in [0.2, 0.25) is 0 Å². The first kappa shape index (κ1) is 19.6. The Morgan fingerprint density at radius 3 is 2.76 bits per heavy atom. The van der Waals surface area contributed by atoms with E-state index in [1.807, 2.05) is 49.6 Å². The lowest BCUT2D eigenvalue weighted by Crippen LogP contribution is -2.24. The summed E-state index contributed by atoms with van der Waals surface area (Å²) in [7, 11) is 0. The van der Waals surface area contributed by atoms with Gasteiger partial charge in [-0.25, -0.2) is 0 Å². The van der Waals surface area contributed by atoms with E-state index < -0.39 is 0 Å². The van der Waals surface area contributed by atoms with E-state index in [1.54, 1.807) is 0 Å². The monoisotopic (exact) mass is 405 g/mol. The summed E-state index contributed by atoms with van der Waals surface area (Å²) < 4.78 is 0. The summed E-state index contributed by atoms with van der Waals surface area (Å²) in [5.41, 5.74) is 12.9. The fraction of sp³-hybridized carbons (Fsp3) is 0.250. The van der Waals surface area contributed by atoms with Crippen LogP contribution in [0.2, 0.25) is 5.02 Å². The Morgan fingerprint density at radius 2 is 2.00 bits per heavy atom. The van der Waals surface area contributed by atoms with E-state index in [4.69, 9.17) is 17.3 Å². The first-order valence-electron chi connectivity index (χ1n) is 9.86. The van der Waals surface area contributed by atoms with Crippen LogP contribution < -0.4 is 11.1 Å². The second kappa shape index (κ2) is 8.36. The van der Waals surface area contributed by atoms with Crippen molar-refractivity contribution >= 4 is 17.5 Å². The highest BCUT2D eigenvalue weighted by Crippen LogP contribution is 2.44. The number of amides is 1. The number of carbonyl (C=O) groups is 1. The number of halogens is 1. The van der Waals surface area contributed by atoms with Crippen LogP contribution in [0.3, 0.4) is 0 Å². The molecule has 148 valence electrons. The Labute approximate surface area is 176 Å². The zero-order chi connectivity index (χ0) is 20.4. The number of hydrogen-bond donors (Lipinski definition) is 2. The number of nitrogens with two attached hydrogens (primary N) is 1. The molecule has 1 fully saturated rings. The quantitative estimate of drug-likeness (QED) is 0.607. The van der Waals surface area contributed by atoms with Gasteiger partial charge in [-0.3, -0.25) is 9.78 Å². The molecule has 3 aromatic rings. The average molecular weight is 406 g/mol. The van der Waals surface area contributed by atoms with Gasteiger partial charge in [-0.2, -0.15) is 0 Å². The van der Waals surface area contributed by atoms with Gasteiger partial charge in [0, 0.05) is 41.6 Å². The molecule has 0 unspecified atom stereocenters. The summed E-state index contributed by atoms with van der Waals surface area (Å²) in [6.07, 6.45) is 6.20. The van der Waals surface area contributed by atoms with Gasteiger partial charge >= 0.3 is 0 Å². The first-order chi connectivity index (χ1) is 14.0. The molecule has 1 amide bonds. The number of aryl methyl sites for hydroxylation is 1. The van der Waals surface area contributed by atoms with Gasteiger partial charge in [-0.1, -0.05) is 23.7 Å². The van der Waals surface area contributed by atoms with Gasteiger partial charge in [0.15, 0.2) is 0 Å². The second-order valence-corrected chi connectivity index (χ2v) is 8.06. The normalized spacial score (nSPS) is 13.3. The lowest BCUT2D eigenvalue weighted by atomic mass is 9.95. The fourth-order valence-corrected chi connectivity index (χ4v) is 3.90. The van der Waals surface area contributed by atoms with Crippen molar-refractivity contribution < 1.29 is 4.79 Å². The Morgan fingerprint density at radius 1 is 1.17 bits per heavy atom. The van der Waals surface area contributed by atoms with Crippen LogP contribution in [0, 0.1) is 6.92 Å². The van der Waals surface area contributed by atoms with E-state index in [1.165, 1.54) is 18.4 Å². The Kier molecular flexibility index (Phi) is 5.65. The topological polar surface area (TPSA) is 68.0 Å². The highest BCUT2D eigenvalue weighted by molar-refractivity contribution is 6.30. The lowest BCUT2D eigenvalue weighted by Gasteiger charge is -2.13. The summed E-state index contributed by atoms with van der Waals surface area (Å²) in [5.74, 6) is 0.498. The molecule has 2 aromatic carbocycles. The maximum atomic E-state index is 12.9. The highest BCUT2D eigenvalue weighted by atomic mass is 35.5. The number of nitrogens with zero attached hydrogens (tertiary/aromatic N) is 1. The summed E-state index contributed by atoms with van der Waals surface area (Å²) in [6.45, 7) is 2.80. The van der Waals surface area contributed by atoms with Gasteiger partial charge in [0.25, 0.3) is 5.91 Å². The van der Waals surface area contributed by atoms with Gasteiger partial charge in [-0.15, -0.1) is 0 Å². The van der Waals surface area contributed by atoms with Crippen molar-refractivity contribution in [3.63, 3.8) is 0 Å². The molecule has 4 rings (SSSR count). The smallest absolute Gasteiger partial charge is 0.251 e. The van der Waals surface area contributed by atoms with E-state index in [-0.39, 0.29) is 5.91 Å². The van der Waals surface area contributed by atoms with Crippen LogP contribution in [0.1, 0.15) is 51.4 Å². The molecule has 3 N–H and O–H groups in total. The van der Waals surface area contributed by atoms with E-state index in [2.05, 4.69) is 22.4 Å². The van der Waals surface area contributed by atoms with Crippen molar-refractivity contribution in [1.29, 1.82) is 0 Å². The van der Waals surface area contributed by atoms with Crippen molar-refractivity contribution in [2.24, 2.45) is 5.73 Å². The largest absolute Gasteiger partial charge is 0.348 e. The molecule has 0 radical (unpaired) electrons. The number of carbonyl (C=O) groups excluding carboxylic acids is 1. The Hall–Kier alpha value is -2.69. The number of hydrogen-bond acceptors (Lipinski definition) is 3. The molecular formula is C24H24ClN3O. The molecule has 0 aliphatic heterocycles. The summed E-state index contributed by atoms with van der Waals surface area (Å²) >= 11 is 6.10. The maximum absolute atomic E-state index is 12.9. The third kappa shape index (κ3) is 4.50. The van der Waals surface area contributed by atoms with Crippen molar-refractivity contribution in [2.75, 3.05) is 0 Å². The van der Waals surface area contributed by atoms with Crippen molar-refractivity contribution in [1.82, 2.24) is 10.3 Å². The molecule has 0 spiro atoms. The molecule has 4 nitrogen and oxygen atoms in total. The summed E-state index contributed by atoms with van der Waals surface area (Å²) in [5, 5.41) is 3.64. The van der Waals surface area contributed by atoms with Crippen LogP contribution in [-0.2, 0) is 13.1 Å². The zero-order valence-corrected chi connectivity index (χ0v) is 17.2. The molecule has 5 heteroatoms. The predicted octanol–water partition coefficient (Wildman–Crippen LogP) is 4.98. The second-order valence-electron chi connectivity index (χ2n) is 7.62. The van der Waals surface area contributed by atoms with Crippen LogP contribution in [0.4, 0.5) is 0 Å². The van der Waals surface area contributed by atoms with Gasteiger partial charge in [0.05, 0.1) is 0 Å². The third-order valence-corrected chi connectivity index (χ3v) is 5.59. The molecule has 1 aliphatic carbocycles. The Bertz CT molecular complexity index is 1060. The predicted molar refractivity (Wildman–Crippen MR) is 117 cm³/mol. The number of aromatic nitrogens is 1. The van der Waals surface area contributed by atoms with Crippen LogP contribution >= 0.6 is 11.6 Å². The molecule has 0 saturated heterocycles. The van der Waals surface area contributed by atoms with Crippen LogP contribution in [0.15, 0.2) is 54.9 Å². The van der Waals surface area contributed by atoms with E-state index >= 15 is 0 Å². The average Bonchev–Trinajstić information content (AvgIpc) is 3.57. The Balaban J connectivity index is 1.58. The summed E-state index contributed by atoms with van der Waals surface area (Å²) in [4.78, 5) is 17.2. The SMILES string of the molecule is Cc1cc(C(=O)NCc2cc(Cl)ccc2CN)cc(-c2cnccc2C2CC2)c1. The van der Waals surface area contributed by atoms with Crippen LogP contribution in [0.25, 0.3) is 11.1 Å². The minimum Gasteiger partial charge on any atom is -0.348 e. The molecule has 1 heterocycles. The maximum Gasteiger partial charge on any atom is 0.251 e. The zero-order valence-electron chi connectivity index (χ0n) is 16.4. The van der Waals surface area contributed by atoms with Crippen molar-refractivity contribution in [2.45, 2.75) is 38.8 Å². The number of benzene rings is 2. The molecule has 1 aliphatic rings. The third-order valence-electron chi connectivity index (χ3n) is 5.35. The van der Waals surface area contributed by atoms with E-state index in [0.29, 0.717) is 29.6 Å². The minimum atomic E-state index is -0.116. The highest BCUT2D eigenvalue weighted by Gasteiger charge is 2.26. The van der Waals surface area contributed by atoms with Gasteiger partial charge in [-0.05, 0) is 83.8 Å². The van der Waals surface area contributed by atoms with Crippen LogP contribution in [0.5, 0.6) is 0 Å². The van der Waals surface area contributed by atoms with Gasteiger partial charge in [0.1, 0.15) is 0 Å². The van der Waals surface area contributed by atoms with Crippen molar-refractivity contribution in [3.8, 4) is 11.1 Å². The molecule has 1 aromatic heterocycles. The molecule has 29 heavy (non-hydrogen) atoms. The number of pyridine rings is 1. The lowest BCUT2D eigenvalue weighted by molar-refractivity contribution is 0.0951. The standard InChI is InChI=1S/C24H24ClN3O/c1-15-8-18(23-14-27-7-6-22(23)16-2-3-16)10-19(9-15)24(29)28-13-20-11-21(25)5-4-17(20)12-26/h4-11,14,16H,2-3,12-13,26H2,1H3,(H,28,29).